The minimum Gasteiger partial charge on any atom is -0.463 e. The lowest BCUT2D eigenvalue weighted by Gasteiger charge is -2.23. The SMILES string of the molecule is CC(=O)OC[C@@H]1O[C@H](OC(C)=O)[C@@H](OC(C)=O)[C@H]1OCc1ccccc1. The molecular weight excluding hydrogens is 344 g/mol. The molecule has 26 heavy (non-hydrogen) atoms. The Morgan fingerprint density at radius 1 is 0.923 bits per heavy atom. The monoisotopic (exact) mass is 366 g/mol. The van der Waals surface area contributed by atoms with Gasteiger partial charge >= 0.3 is 17.9 Å². The number of rotatable bonds is 7. The first-order valence-electron chi connectivity index (χ1n) is 8.15. The maximum Gasteiger partial charge on any atom is 0.305 e. The smallest absolute Gasteiger partial charge is 0.305 e. The molecule has 0 aromatic heterocycles. The summed E-state index contributed by atoms with van der Waals surface area (Å²) in [7, 11) is 0. The number of hydrogen-bond acceptors (Lipinski definition) is 8. The van der Waals surface area contributed by atoms with Gasteiger partial charge < -0.3 is 23.7 Å². The number of carbonyl (C=O) groups is 3. The van der Waals surface area contributed by atoms with Crippen molar-refractivity contribution < 1.29 is 38.1 Å². The number of carbonyl (C=O) groups excluding carboxylic acids is 3. The zero-order valence-electron chi connectivity index (χ0n) is 14.9. The summed E-state index contributed by atoms with van der Waals surface area (Å²) in [5, 5.41) is 0. The molecule has 8 nitrogen and oxygen atoms in total. The fourth-order valence-corrected chi connectivity index (χ4v) is 2.57. The molecule has 1 fully saturated rings. The first-order chi connectivity index (χ1) is 12.4. The second-order valence-electron chi connectivity index (χ2n) is 5.79. The van der Waals surface area contributed by atoms with Crippen LogP contribution in [0.15, 0.2) is 30.3 Å². The highest BCUT2D eigenvalue weighted by atomic mass is 16.7. The van der Waals surface area contributed by atoms with E-state index in [-0.39, 0.29) is 13.2 Å². The van der Waals surface area contributed by atoms with Crippen LogP contribution in [0, 0.1) is 0 Å². The lowest BCUT2D eigenvalue weighted by Crippen LogP contribution is -2.41. The molecule has 0 amide bonds. The van der Waals surface area contributed by atoms with Crippen LogP contribution in [-0.4, -0.2) is 49.1 Å². The fourth-order valence-electron chi connectivity index (χ4n) is 2.57. The van der Waals surface area contributed by atoms with Gasteiger partial charge in [0, 0.05) is 20.8 Å². The summed E-state index contributed by atoms with van der Waals surface area (Å²) >= 11 is 0. The van der Waals surface area contributed by atoms with Gasteiger partial charge in [-0.15, -0.1) is 0 Å². The summed E-state index contributed by atoms with van der Waals surface area (Å²) in [6, 6.07) is 9.36. The molecule has 0 N–H and O–H groups in total. The molecule has 2 rings (SSSR count). The molecule has 0 bridgehead atoms. The van der Waals surface area contributed by atoms with Crippen molar-refractivity contribution in [2.24, 2.45) is 0 Å². The predicted octanol–water partition coefficient (Wildman–Crippen LogP) is 1.35. The second kappa shape index (κ2) is 9.30. The van der Waals surface area contributed by atoms with Crippen molar-refractivity contribution in [2.75, 3.05) is 6.61 Å². The van der Waals surface area contributed by atoms with Crippen molar-refractivity contribution in [1.29, 1.82) is 0 Å². The Morgan fingerprint density at radius 3 is 2.15 bits per heavy atom. The molecule has 1 heterocycles. The van der Waals surface area contributed by atoms with Gasteiger partial charge in [0.25, 0.3) is 0 Å². The van der Waals surface area contributed by atoms with Gasteiger partial charge in [-0.2, -0.15) is 0 Å². The maximum absolute atomic E-state index is 11.5. The van der Waals surface area contributed by atoms with Gasteiger partial charge in [0.05, 0.1) is 6.61 Å². The highest BCUT2D eigenvalue weighted by Gasteiger charge is 2.50. The van der Waals surface area contributed by atoms with Crippen LogP contribution in [-0.2, 0) is 44.7 Å². The van der Waals surface area contributed by atoms with Crippen molar-refractivity contribution in [3.63, 3.8) is 0 Å². The Kier molecular flexibility index (Phi) is 7.11. The molecule has 4 atom stereocenters. The third-order valence-corrected chi connectivity index (χ3v) is 3.59. The summed E-state index contributed by atoms with van der Waals surface area (Å²) in [6.07, 6.45) is -3.64. The Bertz CT molecular complexity index is 629. The van der Waals surface area contributed by atoms with Crippen molar-refractivity contribution in [3.8, 4) is 0 Å². The zero-order valence-corrected chi connectivity index (χ0v) is 14.9. The molecule has 1 aromatic rings. The third kappa shape index (κ3) is 5.82. The van der Waals surface area contributed by atoms with Gasteiger partial charge in [-0.25, -0.2) is 0 Å². The number of esters is 3. The van der Waals surface area contributed by atoms with Gasteiger partial charge in [-0.05, 0) is 5.56 Å². The lowest BCUT2D eigenvalue weighted by atomic mass is 10.1. The minimum atomic E-state index is -1.14. The number of benzene rings is 1. The summed E-state index contributed by atoms with van der Waals surface area (Å²) in [5.41, 5.74) is 0.899. The van der Waals surface area contributed by atoms with E-state index in [1.54, 1.807) is 0 Å². The Hall–Kier alpha value is -2.45. The van der Waals surface area contributed by atoms with Gasteiger partial charge in [0.2, 0.25) is 6.29 Å². The summed E-state index contributed by atoms with van der Waals surface area (Å²) in [5.74, 6) is -1.66. The van der Waals surface area contributed by atoms with Crippen LogP contribution in [0.4, 0.5) is 0 Å². The molecule has 0 radical (unpaired) electrons. The van der Waals surface area contributed by atoms with E-state index in [9.17, 15) is 14.4 Å². The van der Waals surface area contributed by atoms with Gasteiger partial charge in [0.1, 0.15) is 18.8 Å². The van der Waals surface area contributed by atoms with Crippen molar-refractivity contribution in [2.45, 2.75) is 52.0 Å². The predicted molar refractivity (Wildman–Crippen MR) is 87.6 cm³/mol. The van der Waals surface area contributed by atoms with E-state index >= 15 is 0 Å². The molecule has 142 valence electrons. The topological polar surface area (TPSA) is 97.4 Å². The molecule has 1 aliphatic heterocycles. The summed E-state index contributed by atoms with van der Waals surface area (Å²) in [4.78, 5) is 33.9. The summed E-state index contributed by atoms with van der Waals surface area (Å²) in [6.45, 7) is 3.81. The number of hydrogen-bond donors (Lipinski definition) is 0. The van der Waals surface area contributed by atoms with Crippen LogP contribution in [0.3, 0.4) is 0 Å². The normalized spacial score (nSPS) is 24.7. The van der Waals surface area contributed by atoms with Crippen molar-refractivity contribution >= 4 is 17.9 Å². The summed E-state index contributed by atoms with van der Waals surface area (Å²) < 4.78 is 26.8. The average Bonchev–Trinajstić information content (AvgIpc) is 2.87. The average molecular weight is 366 g/mol. The molecule has 0 spiro atoms. The van der Waals surface area contributed by atoms with E-state index in [1.807, 2.05) is 30.3 Å². The second-order valence-corrected chi connectivity index (χ2v) is 5.79. The molecule has 0 unspecified atom stereocenters. The molecule has 0 saturated carbocycles. The Balaban J connectivity index is 2.15. The van der Waals surface area contributed by atoms with E-state index in [2.05, 4.69) is 0 Å². The van der Waals surface area contributed by atoms with Crippen LogP contribution in [0.25, 0.3) is 0 Å². The maximum atomic E-state index is 11.5. The first-order valence-corrected chi connectivity index (χ1v) is 8.15. The van der Waals surface area contributed by atoms with Gasteiger partial charge in [0.15, 0.2) is 6.10 Å². The van der Waals surface area contributed by atoms with Gasteiger partial charge in [-0.3, -0.25) is 14.4 Å². The van der Waals surface area contributed by atoms with E-state index in [1.165, 1.54) is 20.8 Å². The van der Waals surface area contributed by atoms with Crippen molar-refractivity contribution in [3.05, 3.63) is 35.9 Å². The largest absolute Gasteiger partial charge is 0.463 e. The highest BCUT2D eigenvalue weighted by molar-refractivity contribution is 5.67. The first kappa shape index (κ1) is 19.9. The zero-order chi connectivity index (χ0) is 19.1. The van der Waals surface area contributed by atoms with E-state index < -0.39 is 42.5 Å². The highest BCUT2D eigenvalue weighted by Crippen LogP contribution is 2.29. The lowest BCUT2D eigenvalue weighted by molar-refractivity contribution is -0.197. The molecule has 1 aromatic carbocycles. The fraction of sp³-hybridized carbons (Fsp3) is 0.500. The minimum absolute atomic E-state index is 0.121. The van der Waals surface area contributed by atoms with Crippen LogP contribution >= 0.6 is 0 Å². The standard InChI is InChI=1S/C18H22O8/c1-11(19)22-10-15-16(23-9-14-7-5-4-6-8-14)17(24-12(2)20)18(26-15)25-13(3)21/h4-8,15-18H,9-10H2,1-3H3/t15-,16-,17-,18-/m0/s1. The molecule has 8 heteroatoms. The molecular formula is C18H22O8. The van der Waals surface area contributed by atoms with Crippen LogP contribution in [0.5, 0.6) is 0 Å². The van der Waals surface area contributed by atoms with Gasteiger partial charge in [-0.1, -0.05) is 30.3 Å². The molecule has 1 aliphatic rings. The Labute approximate surface area is 151 Å². The molecule has 1 saturated heterocycles. The van der Waals surface area contributed by atoms with E-state index in [4.69, 9.17) is 23.7 Å². The van der Waals surface area contributed by atoms with Crippen molar-refractivity contribution in [1.82, 2.24) is 0 Å². The Morgan fingerprint density at radius 2 is 1.58 bits per heavy atom. The quantitative estimate of drug-likeness (QED) is 0.527. The third-order valence-electron chi connectivity index (χ3n) is 3.59. The molecule has 0 aliphatic carbocycles. The number of ether oxygens (including phenoxy) is 5. The van der Waals surface area contributed by atoms with Crippen LogP contribution < -0.4 is 0 Å². The van der Waals surface area contributed by atoms with Crippen LogP contribution in [0.2, 0.25) is 0 Å². The van der Waals surface area contributed by atoms with E-state index in [0.717, 1.165) is 5.56 Å². The van der Waals surface area contributed by atoms with E-state index in [0.29, 0.717) is 0 Å². The van der Waals surface area contributed by atoms with Crippen LogP contribution in [0.1, 0.15) is 26.3 Å².